The second-order valence-electron chi connectivity index (χ2n) is 7.31. The molecule has 1 aliphatic heterocycles. The zero-order chi connectivity index (χ0) is 24.0. The van der Waals surface area contributed by atoms with E-state index in [1.807, 2.05) is 41.9 Å². The van der Waals surface area contributed by atoms with E-state index >= 15 is 0 Å². The average molecular weight is 483 g/mol. The minimum Gasteiger partial charge on any atom is -0.489 e. The molecule has 1 aliphatic rings. The normalized spacial score (nSPS) is 14.3. The van der Waals surface area contributed by atoms with Crippen LogP contribution < -0.4 is 10.1 Å². The Labute approximate surface area is 193 Å². The van der Waals surface area contributed by atoms with Crippen LogP contribution in [-0.4, -0.2) is 51.2 Å². The third-order valence-corrected chi connectivity index (χ3v) is 5.08. The SMILES string of the molecule is Cc1cc(Cl)cc(-c2ccnn2-c2cccnc2)c1OC1CCNCC1.O=C(O)C(F)(F)F. The van der Waals surface area contributed by atoms with Crippen molar-refractivity contribution in [3.05, 3.63) is 59.5 Å². The molecule has 0 unspecified atom stereocenters. The molecule has 176 valence electrons. The number of piperidine rings is 1. The Hall–Kier alpha value is -3.11. The summed E-state index contributed by atoms with van der Waals surface area (Å²) in [6.45, 7) is 4.01. The number of nitrogens with zero attached hydrogens (tertiary/aromatic N) is 3. The van der Waals surface area contributed by atoms with Gasteiger partial charge in [-0.2, -0.15) is 18.3 Å². The number of hydrogen-bond donors (Lipinski definition) is 2. The molecule has 0 bridgehead atoms. The number of carboxylic acid groups (broad SMARTS) is 1. The smallest absolute Gasteiger partial charge is 0.489 e. The highest BCUT2D eigenvalue weighted by atomic mass is 35.5. The summed E-state index contributed by atoms with van der Waals surface area (Å²) < 4.78 is 40.0. The van der Waals surface area contributed by atoms with Crippen LogP contribution in [0.25, 0.3) is 16.9 Å². The monoisotopic (exact) mass is 482 g/mol. The first-order chi connectivity index (χ1) is 15.7. The van der Waals surface area contributed by atoms with Crippen LogP contribution in [0.5, 0.6) is 5.75 Å². The maximum Gasteiger partial charge on any atom is 0.490 e. The van der Waals surface area contributed by atoms with E-state index in [0.717, 1.165) is 54.2 Å². The summed E-state index contributed by atoms with van der Waals surface area (Å²) in [7, 11) is 0. The molecule has 2 N–H and O–H groups in total. The third-order valence-electron chi connectivity index (χ3n) is 4.86. The number of benzene rings is 1. The first-order valence-corrected chi connectivity index (χ1v) is 10.5. The number of carboxylic acids is 1. The Morgan fingerprint density at radius 2 is 1.94 bits per heavy atom. The molecule has 0 spiro atoms. The third kappa shape index (κ3) is 6.45. The van der Waals surface area contributed by atoms with E-state index < -0.39 is 12.1 Å². The topological polar surface area (TPSA) is 89.3 Å². The van der Waals surface area contributed by atoms with Crippen LogP contribution in [0.15, 0.2) is 48.9 Å². The Morgan fingerprint density at radius 1 is 1.24 bits per heavy atom. The number of alkyl halides is 3. The number of pyridine rings is 1. The standard InChI is InChI=1S/C20H21ClN4O.C2HF3O2/c1-14-11-15(21)12-18(20(14)26-17-4-8-22-9-5-17)19-6-10-24-25(19)16-3-2-7-23-13-16;3-2(4,5)1(6)7/h2-3,6-7,10-13,17,22H,4-5,8-9H2,1H3;(H,6,7). The number of aliphatic carboxylic acids is 1. The van der Waals surface area contributed by atoms with Crippen LogP contribution in [0.2, 0.25) is 5.02 Å². The predicted molar refractivity (Wildman–Crippen MR) is 117 cm³/mol. The molecule has 3 aromatic rings. The van der Waals surface area contributed by atoms with Gasteiger partial charge in [0.1, 0.15) is 11.9 Å². The number of rotatable bonds is 4. The highest BCUT2D eigenvalue weighted by Gasteiger charge is 2.38. The van der Waals surface area contributed by atoms with E-state index in [-0.39, 0.29) is 6.10 Å². The summed E-state index contributed by atoms with van der Waals surface area (Å²) >= 11 is 6.37. The van der Waals surface area contributed by atoms with Crippen LogP contribution >= 0.6 is 11.6 Å². The van der Waals surface area contributed by atoms with Crippen LogP contribution in [0.1, 0.15) is 18.4 Å². The molecule has 11 heteroatoms. The fourth-order valence-electron chi connectivity index (χ4n) is 3.35. The van der Waals surface area contributed by atoms with E-state index in [9.17, 15) is 13.2 Å². The lowest BCUT2D eigenvalue weighted by molar-refractivity contribution is -0.192. The van der Waals surface area contributed by atoms with Crippen molar-refractivity contribution in [2.75, 3.05) is 13.1 Å². The Bertz CT molecular complexity index is 1080. The van der Waals surface area contributed by atoms with E-state index in [0.29, 0.717) is 5.02 Å². The molecule has 4 rings (SSSR count). The number of ether oxygens (including phenoxy) is 1. The van der Waals surface area contributed by atoms with Crippen molar-refractivity contribution in [3.63, 3.8) is 0 Å². The van der Waals surface area contributed by atoms with Crippen molar-refractivity contribution >= 4 is 17.6 Å². The summed E-state index contributed by atoms with van der Waals surface area (Å²) in [5.41, 5.74) is 3.82. The summed E-state index contributed by atoms with van der Waals surface area (Å²) in [5.74, 6) is -1.88. The fraction of sp³-hybridized carbons (Fsp3) is 0.318. The van der Waals surface area contributed by atoms with Crippen molar-refractivity contribution in [1.29, 1.82) is 0 Å². The number of carbonyl (C=O) groups is 1. The molecular formula is C22H22ClF3N4O3. The molecule has 2 aromatic heterocycles. The van der Waals surface area contributed by atoms with Gasteiger partial charge in [-0.05, 0) is 68.8 Å². The Kier molecular flexibility index (Phi) is 7.93. The van der Waals surface area contributed by atoms with E-state index in [1.165, 1.54) is 0 Å². The molecule has 1 fully saturated rings. The maximum atomic E-state index is 10.6. The van der Waals surface area contributed by atoms with Crippen LogP contribution in [0.3, 0.4) is 0 Å². The van der Waals surface area contributed by atoms with Gasteiger partial charge in [-0.1, -0.05) is 11.6 Å². The molecule has 1 aromatic carbocycles. The number of aryl methyl sites for hydroxylation is 1. The van der Waals surface area contributed by atoms with Crippen LogP contribution in [-0.2, 0) is 4.79 Å². The zero-order valence-corrected chi connectivity index (χ0v) is 18.4. The molecule has 33 heavy (non-hydrogen) atoms. The molecule has 1 saturated heterocycles. The van der Waals surface area contributed by atoms with Gasteiger partial charge in [0, 0.05) is 16.8 Å². The summed E-state index contributed by atoms with van der Waals surface area (Å²) in [6, 6.07) is 9.76. The molecule has 0 atom stereocenters. The lowest BCUT2D eigenvalue weighted by atomic mass is 10.0. The van der Waals surface area contributed by atoms with Crippen molar-refractivity contribution in [2.45, 2.75) is 32.0 Å². The Balaban J connectivity index is 0.000000383. The van der Waals surface area contributed by atoms with Crippen molar-refractivity contribution in [1.82, 2.24) is 20.1 Å². The highest BCUT2D eigenvalue weighted by molar-refractivity contribution is 6.31. The van der Waals surface area contributed by atoms with Gasteiger partial charge in [-0.25, -0.2) is 9.48 Å². The highest BCUT2D eigenvalue weighted by Crippen LogP contribution is 2.37. The van der Waals surface area contributed by atoms with Gasteiger partial charge in [0.15, 0.2) is 0 Å². The Morgan fingerprint density at radius 3 is 2.55 bits per heavy atom. The van der Waals surface area contributed by atoms with Gasteiger partial charge in [0.05, 0.1) is 23.8 Å². The number of aromatic nitrogens is 3. The predicted octanol–water partition coefficient (Wildman–Crippen LogP) is 4.66. The maximum absolute atomic E-state index is 10.6. The first kappa shape index (κ1) is 24.5. The minimum atomic E-state index is -5.08. The lowest BCUT2D eigenvalue weighted by Crippen LogP contribution is -2.34. The number of halogens is 4. The number of nitrogens with one attached hydrogen (secondary N) is 1. The minimum absolute atomic E-state index is 0.213. The molecule has 0 amide bonds. The van der Waals surface area contributed by atoms with Crippen molar-refractivity contribution in [2.24, 2.45) is 0 Å². The fourth-order valence-corrected chi connectivity index (χ4v) is 3.62. The average Bonchev–Trinajstić information content (AvgIpc) is 3.26. The van der Waals surface area contributed by atoms with Gasteiger partial charge in [-0.3, -0.25) is 4.98 Å². The van der Waals surface area contributed by atoms with Gasteiger partial charge >= 0.3 is 12.1 Å². The summed E-state index contributed by atoms with van der Waals surface area (Å²) in [6.07, 6.45) is 2.47. The van der Waals surface area contributed by atoms with Gasteiger partial charge in [0.25, 0.3) is 0 Å². The number of hydrogen-bond acceptors (Lipinski definition) is 5. The van der Waals surface area contributed by atoms with E-state index in [2.05, 4.69) is 15.4 Å². The largest absolute Gasteiger partial charge is 0.490 e. The molecule has 0 aliphatic carbocycles. The molecule has 0 radical (unpaired) electrons. The van der Waals surface area contributed by atoms with Crippen molar-refractivity contribution < 1.29 is 27.8 Å². The molecule has 7 nitrogen and oxygen atoms in total. The van der Waals surface area contributed by atoms with Gasteiger partial charge < -0.3 is 15.2 Å². The summed E-state index contributed by atoms with van der Waals surface area (Å²) in [4.78, 5) is 13.1. The van der Waals surface area contributed by atoms with E-state index in [1.54, 1.807) is 18.6 Å². The molecule has 3 heterocycles. The van der Waals surface area contributed by atoms with E-state index in [4.69, 9.17) is 26.2 Å². The van der Waals surface area contributed by atoms with Gasteiger partial charge in [0.2, 0.25) is 0 Å². The first-order valence-electron chi connectivity index (χ1n) is 10.1. The quantitative estimate of drug-likeness (QED) is 0.562. The van der Waals surface area contributed by atoms with Crippen molar-refractivity contribution in [3.8, 4) is 22.7 Å². The van der Waals surface area contributed by atoms with Crippen LogP contribution in [0.4, 0.5) is 13.2 Å². The lowest BCUT2D eigenvalue weighted by Gasteiger charge is -2.26. The second kappa shape index (κ2) is 10.7. The summed E-state index contributed by atoms with van der Waals surface area (Å²) in [5, 5.41) is 15.7. The van der Waals surface area contributed by atoms with Crippen LogP contribution in [0, 0.1) is 6.92 Å². The van der Waals surface area contributed by atoms with Gasteiger partial charge in [-0.15, -0.1) is 0 Å². The second-order valence-corrected chi connectivity index (χ2v) is 7.75. The zero-order valence-electron chi connectivity index (χ0n) is 17.6. The molecular weight excluding hydrogens is 461 g/mol. The molecule has 0 saturated carbocycles.